The fourth-order valence-electron chi connectivity index (χ4n) is 3.67. The summed E-state index contributed by atoms with van der Waals surface area (Å²) in [5, 5.41) is 0. The van der Waals surface area contributed by atoms with Crippen LogP contribution in [0.2, 0.25) is 0 Å². The molecular formula is C15H31N3O. The van der Waals surface area contributed by atoms with Gasteiger partial charge in [-0.3, -0.25) is 4.90 Å². The summed E-state index contributed by atoms with van der Waals surface area (Å²) in [4.78, 5) is 5.11. The van der Waals surface area contributed by atoms with Crippen molar-refractivity contribution in [1.29, 1.82) is 0 Å². The van der Waals surface area contributed by atoms with E-state index in [0.29, 0.717) is 18.0 Å². The van der Waals surface area contributed by atoms with Crippen molar-refractivity contribution >= 4 is 0 Å². The van der Waals surface area contributed by atoms with Crippen molar-refractivity contribution < 1.29 is 4.74 Å². The van der Waals surface area contributed by atoms with Crippen molar-refractivity contribution in [2.75, 3.05) is 46.4 Å². The van der Waals surface area contributed by atoms with Crippen LogP contribution in [0.4, 0.5) is 0 Å². The fraction of sp³-hybridized carbons (Fsp3) is 1.00. The zero-order chi connectivity index (χ0) is 13.7. The van der Waals surface area contributed by atoms with Crippen LogP contribution in [-0.4, -0.2) is 68.3 Å². The Kier molecular flexibility index (Phi) is 6.07. The molecule has 2 rings (SSSR count). The third-order valence-corrected chi connectivity index (χ3v) is 5.08. The number of hydrogen-bond donors (Lipinski definition) is 1. The fourth-order valence-corrected chi connectivity index (χ4v) is 3.67. The highest BCUT2D eigenvalue weighted by atomic mass is 16.5. The summed E-state index contributed by atoms with van der Waals surface area (Å²) >= 11 is 0. The van der Waals surface area contributed by atoms with Gasteiger partial charge >= 0.3 is 0 Å². The molecule has 0 aromatic rings. The summed E-state index contributed by atoms with van der Waals surface area (Å²) in [6.07, 6.45) is 5.05. The zero-order valence-electron chi connectivity index (χ0n) is 12.7. The zero-order valence-corrected chi connectivity index (χ0v) is 12.7. The normalized spacial score (nSPS) is 28.7. The molecule has 0 spiro atoms. The van der Waals surface area contributed by atoms with Gasteiger partial charge in [0.1, 0.15) is 0 Å². The summed E-state index contributed by atoms with van der Waals surface area (Å²) in [5.41, 5.74) is 6.06. The first-order valence-corrected chi connectivity index (χ1v) is 7.98. The quantitative estimate of drug-likeness (QED) is 0.813. The van der Waals surface area contributed by atoms with Gasteiger partial charge in [-0.2, -0.15) is 0 Å². The monoisotopic (exact) mass is 269 g/mol. The Morgan fingerprint density at radius 1 is 1.32 bits per heavy atom. The molecule has 2 unspecified atom stereocenters. The molecule has 0 aromatic carbocycles. The first-order chi connectivity index (χ1) is 9.26. The van der Waals surface area contributed by atoms with E-state index in [1.54, 1.807) is 0 Å². The van der Waals surface area contributed by atoms with Gasteiger partial charge in [-0.15, -0.1) is 0 Å². The van der Waals surface area contributed by atoms with Gasteiger partial charge in [-0.05, 0) is 58.3 Å². The van der Waals surface area contributed by atoms with Crippen LogP contribution in [0.15, 0.2) is 0 Å². The average molecular weight is 269 g/mol. The van der Waals surface area contributed by atoms with Gasteiger partial charge in [0, 0.05) is 25.2 Å². The maximum absolute atomic E-state index is 6.06. The third kappa shape index (κ3) is 3.91. The van der Waals surface area contributed by atoms with Crippen molar-refractivity contribution in [2.45, 2.75) is 44.7 Å². The second-order valence-electron chi connectivity index (χ2n) is 6.11. The van der Waals surface area contributed by atoms with Crippen LogP contribution in [0.5, 0.6) is 0 Å². The van der Waals surface area contributed by atoms with Gasteiger partial charge in [0.2, 0.25) is 0 Å². The van der Waals surface area contributed by atoms with Crippen LogP contribution in [0.25, 0.3) is 0 Å². The molecule has 2 saturated heterocycles. The van der Waals surface area contributed by atoms with Gasteiger partial charge in [0.15, 0.2) is 0 Å². The van der Waals surface area contributed by atoms with E-state index in [9.17, 15) is 0 Å². The number of rotatable bonds is 5. The Labute approximate surface area is 118 Å². The van der Waals surface area contributed by atoms with Crippen molar-refractivity contribution in [1.82, 2.24) is 9.80 Å². The van der Waals surface area contributed by atoms with E-state index in [2.05, 4.69) is 23.8 Å². The van der Waals surface area contributed by atoms with Crippen molar-refractivity contribution in [3.63, 3.8) is 0 Å². The highest BCUT2D eigenvalue weighted by Crippen LogP contribution is 2.25. The van der Waals surface area contributed by atoms with E-state index in [-0.39, 0.29) is 0 Å². The maximum Gasteiger partial charge on any atom is 0.0509 e. The molecule has 4 nitrogen and oxygen atoms in total. The second-order valence-corrected chi connectivity index (χ2v) is 6.11. The van der Waals surface area contributed by atoms with Crippen molar-refractivity contribution in [3.8, 4) is 0 Å². The van der Waals surface area contributed by atoms with Crippen LogP contribution < -0.4 is 5.73 Å². The molecule has 0 radical (unpaired) electrons. The van der Waals surface area contributed by atoms with Gasteiger partial charge in [-0.1, -0.05) is 6.92 Å². The van der Waals surface area contributed by atoms with Gasteiger partial charge in [0.05, 0.1) is 6.61 Å². The number of hydrogen-bond acceptors (Lipinski definition) is 4. The molecule has 2 aliphatic rings. The molecule has 19 heavy (non-hydrogen) atoms. The van der Waals surface area contributed by atoms with E-state index in [0.717, 1.165) is 19.8 Å². The SMILES string of the molecule is CCN1CCC(N(C)C(CN)C2CCCOC2)CC1. The Morgan fingerprint density at radius 2 is 2.05 bits per heavy atom. The second kappa shape index (κ2) is 7.58. The van der Waals surface area contributed by atoms with Crippen molar-refractivity contribution in [2.24, 2.45) is 11.7 Å². The summed E-state index contributed by atoms with van der Waals surface area (Å²) in [7, 11) is 2.28. The van der Waals surface area contributed by atoms with Gasteiger partial charge < -0.3 is 15.4 Å². The molecule has 0 saturated carbocycles. The van der Waals surface area contributed by atoms with Gasteiger partial charge in [0.25, 0.3) is 0 Å². The third-order valence-electron chi connectivity index (χ3n) is 5.08. The maximum atomic E-state index is 6.06. The summed E-state index contributed by atoms with van der Waals surface area (Å²) in [6.45, 7) is 8.53. The molecule has 0 aromatic heterocycles. The predicted octanol–water partition coefficient (Wildman–Crippen LogP) is 1.16. The van der Waals surface area contributed by atoms with Crippen molar-refractivity contribution in [3.05, 3.63) is 0 Å². The molecule has 2 fully saturated rings. The number of ether oxygens (including phenoxy) is 1. The van der Waals surface area contributed by atoms with E-state index in [4.69, 9.17) is 10.5 Å². The van der Waals surface area contributed by atoms with Crippen LogP contribution in [0.1, 0.15) is 32.6 Å². The lowest BCUT2D eigenvalue weighted by Crippen LogP contribution is -2.53. The molecule has 4 heteroatoms. The lowest BCUT2D eigenvalue weighted by Gasteiger charge is -2.43. The molecule has 2 heterocycles. The Balaban J connectivity index is 1.87. The van der Waals surface area contributed by atoms with Crippen LogP contribution in [0, 0.1) is 5.92 Å². The Bertz CT molecular complexity index is 248. The van der Waals surface area contributed by atoms with E-state index < -0.39 is 0 Å². The first kappa shape index (κ1) is 15.2. The van der Waals surface area contributed by atoms with E-state index in [1.807, 2.05) is 0 Å². The van der Waals surface area contributed by atoms with Crippen LogP contribution in [0.3, 0.4) is 0 Å². The molecule has 0 amide bonds. The Hall–Kier alpha value is -0.160. The van der Waals surface area contributed by atoms with Gasteiger partial charge in [-0.25, -0.2) is 0 Å². The molecular weight excluding hydrogens is 238 g/mol. The number of nitrogens with two attached hydrogens (primary N) is 1. The predicted molar refractivity (Wildman–Crippen MR) is 79.3 cm³/mol. The summed E-state index contributed by atoms with van der Waals surface area (Å²) < 4.78 is 5.65. The molecule has 0 bridgehead atoms. The van der Waals surface area contributed by atoms with E-state index >= 15 is 0 Å². The molecule has 2 aliphatic heterocycles. The summed E-state index contributed by atoms with van der Waals surface area (Å²) in [6, 6.07) is 1.21. The minimum absolute atomic E-state index is 0.499. The standard InChI is InChI=1S/C15H31N3O/c1-3-18-8-6-14(7-9-18)17(2)15(11-16)13-5-4-10-19-12-13/h13-15H,3-12,16H2,1-2H3. The molecule has 112 valence electrons. The highest BCUT2D eigenvalue weighted by Gasteiger charge is 2.31. The topological polar surface area (TPSA) is 41.7 Å². The number of likely N-dealkylation sites (tertiary alicyclic amines) is 1. The summed E-state index contributed by atoms with van der Waals surface area (Å²) in [5.74, 6) is 0.632. The number of likely N-dealkylation sites (N-methyl/N-ethyl adjacent to an activating group) is 1. The minimum Gasteiger partial charge on any atom is -0.381 e. The first-order valence-electron chi connectivity index (χ1n) is 7.98. The van der Waals surface area contributed by atoms with Crippen LogP contribution >= 0.6 is 0 Å². The number of piperidine rings is 1. The Morgan fingerprint density at radius 3 is 2.58 bits per heavy atom. The largest absolute Gasteiger partial charge is 0.381 e. The lowest BCUT2D eigenvalue weighted by molar-refractivity contribution is -0.00124. The lowest BCUT2D eigenvalue weighted by atomic mass is 9.90. The molecule has 2 atom stereocenters. The number of nitrogens with zero attached hydrogens (tertiary/aromatic N) is 2. The average Bonchev–Trinajstić information content (AvgIpc) is 2.49. The molecule has 2 N–H and O–H groups in total. The molecule has 0 aliphatic carbocycles. The van der Waals surface area contributed by atoms with E-state index in [1.165, 1.54) is 45.3 Å². The minimum atomic E-state index is 0.499. The van der Waals surface area contributed by atoms with Crippen LogP contribution in [-0.2, 0) is 4.74 Å². The highest BCUT2D eigenvalue weighted by molar-refractivity contribution is 4.86. The smallest absolute Gasteiger partial charge is 0.0509 e.